The second-order valence-corrected chi connectivity index (χ2v) is 7.59. The maximum absolute atomic E-state index is 12.8. The van der Waals surface area contributed by atoms with E-state index in [9.17, 15) is 9.59 Å². The van der Waals surface area contributed by atoms with Crippen LogP contribution in [0.1, 0.15) is 46.1 Å². The first kappa shape index (κ1) is 18.5. The summed E-state index contributed by atoms with van der Waals surface area (Å²) in [5, 5.41) is 10.4. The van der Waals surface area contributed by atoms with Crippen molar-refractivity contribution in [1.29, 1.82) is 0 Å². The molecule has 1 aliphatic rings. The topological polar surface area (TPSA) is 76.0 Å². The number of aryl methyl sites for hydroxylation is 2. The van der Waals surface area contributed by atoms with Gasteiger partial charge in [-0.2, -0.15) is 16.9 Å². The molecule has 2 amide bonds. The van der Waals surface area contributed by atoms with E-state index in [4.69, 9.17) is 0 Å². The van der Waals surface area contributed by atoms with Gasteiger partial charge < -0.3 is 10.6 Å². The molecule has 1 aliphatic heterocycles. The van der Waals surface area contributed by atoms with Crippen molar-refractivity contribution in [3.05, 3.63) is 46.1 Å². The molecule has 6 nitrogen and oxygen atoms in total. The van der Waals surface area contributed by atoms with Crippen LogP contribution in [0.2, 0.25) is 0 Å². The van der Waals surface area contributed by atoms with E-state index in [0.717, 1.165) is 40.3 Å². The fraction of sp³-hybridized carbons (Fsp3) is 0.421. The number of hydrogen-bond acceptors (Lipinski definition) is 4. The van der Waals surface area contributed by atoms with Crippen molar-refractivity contribution >= 4 is 29.4 Å². The first-order valence-electron chi connectivity index (χ1n) is 8.80. The van der Waals surface area contributed by atoms with Gasteiger partial charge >= 0.3 is 0 Å². The van der Waals surface area contributed by atoms with Crippen molar-refractivity contribution in [2.75, 3.05) is 11.9 Å². The number of rotatable bonds is 6. The Balaban J connectivity index is 1.84. The molecule has 0 aliphatic carbocycles. The Hall–Kier alpha value is -2.28. The van der Waals surface area contributed by atoms with Crippen molar-refractivity contribution in [1.82, 2.24) is 15.1 Å². The van der Waals surface area contributed by atoms with Crippen molar-refractivity contribution in [2.24, 2.45) is 0 Å². The number of anilines is 1. The van der Waals surface area contributed by atoms with Gasteiger partial charge in [-0.05, 0) is 32.4 Å². The molecule has 0 atom stereocenters. The lowest BCUT2D eigenvalue weighted by Gasteiger charge is -2.12. The summed E-state index contributed by atoms with van der Waals surface area (Å²) in [6.45, 7) is 6.70. The van der Waals surface area contributed by atoms with Gasteiger partial charge in [-0.1, -0.05) is 24.1 Å². The van der Waals surface area contributed by atoms with E-state index in [2.05, 4.69) is 15.7 Å². The summed E-state index contributed by atoms with van der Waals surface area (Å²) >= 11 is 1.77. The van der Waals surface area contributed by atoms with Crippen LogP contribution in [-0.4, -0.2) is 28.1 Å². The molecule has 0 radical (unpaired) electrons. The van der Waals surface area contributed by atoms with Gasteiger partial charge in [-0.25, -0.2) is 4.68 Å². The van der Waals surface area contributed by atoms with Gasteiger partial charge in [0, 0.05) is 29.2 Å². The van der Waals surface area contributed by atoms with E-state index in [1.165, 1.54) is 0 Å². The number of fused-ring (bicyclic) bond motifs is 1. The summed E-state index contributed by atoms with van der Waals surface area (Å²) in [4.78, 5) is 24.9. The van der Waals surface area contributed by atoms with Crippen LogP contribution < -0.4 is 10.6 Å². The van der Waals surface area contributed by atoms with Crippen LogP contribution in [0.15, 0.2) is 18.2 Å². The summed E-state index contributed by atoms with van der Waals surface area (Å²) < 4.78 is 1.62. The third-order valence-corrected chi connectivity index (χ3v) is 5.17. The van der Waals surface area contributed by atoms with Gasteiger partial charge in [0.2, 0.25) is 5.91 Å². The van der Waals surface area contributed by atoms with Gasteiger partial charge in [-0.15, -0.1) is 0 Å². The molecule has 0 spiro atoms. The number of carbonyl (C=O) groups excluding carboxylic acids is 2. The Bertz CT molecular complexity index is 824. The zero-order valence-corrected chi connectivity index (χ0v) is 16.2. The Morgan fingerprint density at radius 1 is 1.19 bits per heavy atom. The number of nitrogens with zero attached hydrogens (tertiary/aromatic N) is 2. The molecule has 2 N–H and O–H groups in total. The molecule has 2 heterocycles. The summed E-state index contributed by atoms with van der Waals surface area (Å²) in [6, 6.07) is 5.77. The Kier molecular flexibility index (Phi) is 5.66. The van der Waals surface area contributed by atoms with E-state index in [-0.39, 0.29) is 18.4 Å². The van der Waals surface area contributed by atoms with Gasteiger partial charge in [0.05, 0.1) is 5.69 Å². The first-order chi connectivity index (χ1) is 12.5. The van der Waals surface area contributed by atoms with Crippen LogP contribution in [0.25, 0.3) is 0 Å². The number of hydrogen-bond donors (Lipinski definition) is 2. The van der Waals surface area contributed by atoms with Crippen LogP contribution in [0.3, 0.4) is 0 Å². The number of amides is 2. The predicted octanol–water partition coefficient (Wildman–Crippen LogP) is 3.03. The average molecular weight is 372 g/mol. The van der Waals surface area contributed by atoms with E-state index < -0.39 is 0 Å². The highest BCUT2D eigenvalue weighted by molar-refractivity contribution is 7.98. The van der Waals surface area contributed by atoms with Crippen molar-refractivity contribution < 1.29 is 9.59 Å². The second-order valence-electron chi connectivity index (χ2n) is 6.60. The lowest BCUT2D eigenvalue weighted by atomic mass is 10.1. The van der Waals surface area contributed by atoms with Gasteiger partial charge in [0.25, 0.3) is 5.91 Å². The lowest BCUT2D eigenvalue weighted by Crippen LogP contribution is -2.29. The molecule has 1 aromatic heterocycles. The highest BCUT2D eigenvalue weighted by atomic mass is 32.2. The third-order valence-electron chi connectivity index (χ3n) is 4.20. The molecule has 0 fully saturated rings. The smallest absolute Gasteiger partial charge is 0.256 e. The number of aromatic nitrogens is 2. The molecule has 0 unspecified atom stereocenters. The monoisotopic (exact) mass is 372 g/mol. The normalized spacial score (nSPS) is 12.7. The zero-order valence-electron chi connectivity index (χ0n) is 15.4. The molecule has 0 bridgehead atoms. The Morgan fingerprint density at radius 3 is 2.62 bits per heavy atom. The minimum atomic E-state index is -0.174. The van der Waals surface area contributed by atoms with Crippen LogP contribution in [-0.2, 0) is 22.8 Å². The van der Waals surface area contributed by atoms with Crippen LogP contribution >= 0.6 is 11.8 Å². The minimum Gasteiger partial charge on any atom is -0.355 e. The lowest BCUT2D eigenvalue weighted by molar-refractivity contribution is -0.121. The van der Waals surface area contributed by atoms with Crippen LogP contribution in [0.5, 0.6) is 0 Å². The molecule has 2 aromatic rings. The fourth-order valence-electron chi connectivity index (χ4n) is 3.06. The Morgan fingerprint density at radius 2 is 1.92 bits per heavy atom. The van der Waals surface area contributed by atoms with E-state index in [1.807, 2.05) is 39.0 Å². The molecule has 26 heavy (non-hydrogen) atoms. The predicted molar refractivity (Wildman–Crippen MR) is 104 cm³/mol. The molecule has 3 rings (SSSR count). The van der Waals surface area contributed by atoms with Gasteiger partial charge in [0.1, 0.15) is 12.4 Å². The average Bonchev–Trinajstić information content (AvgIpc) is 3.15. The molecular weight excluding hydrogens is 348 g/mol. The van der Waals surface area contributed by atoms with Gasteiger partial charge in [0.15, 0.2) is 0 Å². The van der Waals surface area contributed by atoms with Gasteiger partial charge in [-0.3, -0.25) is 9.59 Å². The Labute approximate surface area is 157 Å². The summed E-state index contributed by atoms with van der Waals surface area (Å²) in [7, 11) is 0. The SMILES string of the molecule is CCCNC(=O)Cn1nc2c(c1NC(=O)c1cc(C)cc(C)c1)CSC2. The number of thioether (sulfide) groups is 1. The van der Waals surface area contributed by atoms with E-state index >= 15 is 0 Å². The molecule has 1 aromatic carbocycles. The minimum absolute atomic E-state index is 0.0948. The molecule has 7 heteroatoms. The number of nitrogens with one attached hydrogen (secondary N) is 2. The standard InChI is InChI=1S/C19H24N4O2S/c1-4-5-20-17(24)9-23-18(15-10-26-11-16(15)22-23)21-19(25)14-7-12(2)6-13(3)8-14/h6-8H,4-5,9-11H2,1-3H3,(H,20,24)(H,21,25). The van der Waals surface area contributed by atoms with E-state index in [0.29, 0.717) is 17.9 Å². The number of benzene rings is 1. The zero-order chi connectivity index (χ0) is 18.7. The van der Waals surface area contributed by atoms with Crippen LogP contribution in [0.4, 0.5) is 5.82 Å². The highest BCUT2D eigenvalue weighted by Gasteiger charge is 2.25. The van der Waals surface area contributed by atoms with Crippen molar-refractivity contribution in [3.8, 4) is 0 Å². The first-order valence-corrected chi connectivity index (χ1v) is 9.96. The van der Waals surface area contributed by atoms with Crippen LogP contribution in [0, 0.1) is 13.8 Å². The number of carbonyl (C=O) groups is 2. The molecular formula is C19H24N4O2S. The maximum Gasteiger partial charge on any atom is 0.256 e. The highest BCUT2D eigenvalue weighted by Crippen LogP contribution is 2.34. The fourth-order valence-corrected chi connectivity index (χ4v) is 4.10. The third kappa shape index (κ3) is 4.09. The molecule has 138 valence electrons. The largest absolute Gasteiger partial charge is 0.355 e. The quantitative estimate of drug-likeness (QED) is 0.817. The van der Waals surface area contributed by atoms with Crippen molar-refractivity contribution in [2.45, 2.75) is 45.2 Å². The maximum atomic E-state index is 12.8. The van der Waals surface area contributed by atoms with Crippen molar-refractivity contribution in [3.63, 3.8) is 0 Å². The second kappa shape index (κ2) is 7.95. The van der Waals surface area contributed by atoms with E-state index in [1.54, 1.807) is 16.4 Å². The summed E-state index contributed by atoms with van der Waals surface area (Å²) in [6.07, 6.45) is 0.883. The summed E-state index contributed by atoms with van der Waals surface area (Å²) in [5.41, 5.74) is 4.68. The molecule has 0 saturated heterocycles. The molecule has 0 saturated carbocycles. The summed E-state index contributed by atoms with van der Waals surface area (Å²) in [5.74, 6) is 1.98.